The van der Waals surface area contributed by atoms with E-state index in [0.717, 1.165) is 33.4 Å². The number of hydrogen-bond acceptors (Lipinski definition) is 4. The van der Waals surface area contributed by atoms with Crippen LogP contribution in [-0.2, 0) is 5.41 Å². The molecular formula is C54H36N4S. The fourth-order valence-electron chi connectivity index (χ4n) is 9.35. The van der Waals surface area contributed by atoms with E-state index in [0.29, 0.717) is 17.5 Å². The molecule has 0 amide bonds. The normalized spacial score (nSPS) is 13.1. The van der Waals surface area contributed by atoms with Gasteiger partial charge in [-0.3, -0.25) is 0 Å². The average Bonchev–Trinajstić information content (AvgIpc) is 3.90. The quantitative estimate of drug-likeness (QED) is 0.175. The molecule has 59 heavy (non-hydrogen) atoms. The summed E-state index contributed by atoms with van der Waals surface area (Å²) in [5.74, 6) is 1.92. The third kappa shape index (κ3) is 5.25. The molecule has 0 bridgehead atoms. The molecule has 0 aliphatic heterocycles. The summed E-state index contributed by atoms with van der Waals surface area (Å²) in [5, 5.41) is 4.82. The number of thiophene rings is 1. The van der Waals surface area contributed by atoms with Crippen LogP contribution in [0.5, 0.6) is 0 Å². The van der Waals surface area contributed by atoms with Crippen molar-refractivity contribution >= 4 is 53.3 Å². The molecule has 1 aliphatic rings. The first kappa shape index (κ1) is 33.9. The van der Waals surface area contributed by atoms with Crippen LogP contribution >= 0.6 is 11.3 Å². The molecule has 0 spiro atoms. The standard InChI is InChI=1S/C54H36N4S/c1-54(2)44-22-12-9-19-37(44)38-27-25-36(30-45(38)54)35-26-28-47-41(29-35)39-20-10-13-23-46(39)58(47)48-32-50-42(40-21-11-14-24-49(40)59-50)31-43(48)53-56-51(33-15-5-3-6-16-33)55-52(57-53)34-17-7-4-8-18-34/h3-32H,1-2H3. The van der Waals surface area contributed by atoms with Crippen LogP contribution in [0.1, 0.15) is 25.0 Å². The van der Waals surface area contributed by atoms with Gasteiger partial charge in [-0.15, -0.1) is 11.3 Å². The molecule has 0 saturated carbocycles. The van der Waals surface area contributed by atoms with E-state index in [2.05, 4.69) is 164 Å². The highest BCUT2D eigenvalue weighted by Gasteiger charge is 2.35. The van der Waals surface area contributed by atoms with Crippen LogP contribution in [-0.4, -0.2) is 19.5 Å². The second-order valence-electron chi connectivity index (χ2n) is 16.0. The molecule has 0 N–H and O–H groups in total. The molecule has 11 aromatic rings. The number of nitrogens with zero attached hydrogens (tertiary/aromatic N) is 4. The van der Waals surface area contributed by atoms with Crippen molar-refractivity contribution in [2.45, 2.75) is 19.3 Å². The molecule has 3 aromatic heterocycles. The molecule has 12 rings (SSSR count). The van der Waals surface area contributed by atoms with Crippen LogP contribution in [0.4, 0.5) is 0 Å². The van der Waals surface area contributed by atoms with Gasteiger partial charge in [0.15, 0.2) is 17.5 Å². The van der Waals surface area contributed by atoms with Crippen molar-refractivity contribution in [1.82, 2.24) is 19.5 Å². The highest BCUT2D eigenvalue weighted by atomic mass is 32.1. The van der Waals surface area contributed by atoms with E-state index in [9.17, 15) is 0 Å². The number of benzene rings is 8. The SMILES string of the molecule is CC1(C)c2ccccc2-c2ccc(-c3ccc4c(c3)c3ccccc3n4-c3cc4sc5ccccc5c4cc3-c3nc(-c4ccccc4)nc(-c4ccccc4)n3)cc21. The maximum absolute atomic E-state index is 5.28. The van der Waals surface area contributed by atoms with Crippen LogP contribution < -0.4 is 0 Å². The van der Waals surface area contributed by atoms with E-state index < -0.39 is 0 Å². The van der Waals surface area contributed by atoms with E-state index >= 15 is 0 Å². The first-order valence-electron chi connectivity index (χ1n) is 20.1. The monoisotopic (exact) mass is 772 g/mol. The Labute approximate surface area is 345 Å². The third-order valence-electron chi connectivity index (χ3n) is 12.3. The van der Waals surface area contributed by atoms with Crippen LogP contribution in [0.25, 0.3) is 104 Å². The largest absolute Gasteiger partial charge is 0.308 e. The van der Waals surface area contributed by atoms with Crippen molar-refractivity contribution in [2.24, 2.45) is 0 Å². The summed E-state index contributed by atoms with van der Waals surface area (Å²) >= 11 is 1.83. The fraction of sp³-hybridized carbons (Fsp3) is 0.0556. The highest BCUT2D eigenvalue weighted by Crippen LogP contribution is 2.50. The number of hydrogen-bond donors (Lipinski definition) is 0. The van der Waals surface area contributed by atoms with Gasteiger partial charge in [0.1, 0.15) is 0 Å². The fourth-order valence-corrected chi connectivity index (χ4v) is 10.5. The van der Waals surface area contributed by atoms with Gasteiger partial charge in [-0.1, -0.05) is 153 Å². The van der Waals surface area contributed by atoms with Gasteiger partial charge in [-0.2, -0.15) is 0 Å². The minimum atomic E-state index is -0.0700. The minimum Gasteiger partial charge on any atom is -0.308 e. The van der Waals surface area contributed by atoms with Gasteiger partial charge < -0.3 is 4.57 Å². The molecule has 0 fully saturated rings. The Morgan fingerprint density at radius 2 is 0.983 bits per heavy atom. The zero-order chi connectivity index (χ0) is 39.2. The summed E-state index contributed by atoms with van der Waals surface area (Å²) in [7, 11) is 0. The van der Waals surface area contributed by atoms with E-state index in [1.54, 1.807) is 0 Å². The van der Waals surface area contributed by atoms with Gasteiger partial charge in [-0.05, 0) is 75.8 Å². The lowest BCUT2D eigenvalue weighted by atomic mass is 9.81. The zero-order valence-electron chi connectivity index (χ0n) is 32.5. The van der Waals surface area contributed by atoms with Crippen molar-refractivity contribution in [3.63, 3.8) is 0 Å². The molecule has 0 atom stereocenters. The van der Waals surface area contributed by atoms with Crippen molar-refractivity contribution < 1.29 is 0 Å². The van der Waals surface area contributed by atoms with E-state index in [4.69, 9.17) is 15.0 Å². The molecule has 8 aromatic carbocycles. The van der Waals surface area contributed by atoms with Crippen LogP contribution in [0, 0.1) is 0 Å². The van der Waals surface area contributed by atoms with Gasteiger partial charge >= 0.3 is 0 Å². The summed E-state index contributed by atoms with van der Waals surface area (Å²) in [6.07, 6.45) is 0. The Morgan fingerprint density at radius 1 is 0.390 bits per heavy atom. The van der Waals surface area contributed by atoms with Gasteiger partial charge in [0, 0.05) is 53.1 Å². The van der Waals surface area contributed by atoms with E-state index in [-0.39, 0.29) is 5.41 Å². The van der Waals surface area contributed by atoms with E-state index in [1.165, 1.54) is 64.3 Å². The maximum Gasteiger partial charge on any atom is 0.166 e. The Morgan fingerprint density at radius 3 is 1.76 bits per heavy atom. The second kappa shape index (κ2) is 12.9. The highest BCUT2D eigenvalue weighted by molar-refractivity contribution is 7.25. The van der Waals surface area contributed by atoms with Gasteiger partial charge in [0.05, 0.1) is 16.7 Å². The molecule has 278 valence electrons. The van der Waals surface area contributed by atoms with Crippen molar-refractivity contribution in [1.29, 1.82) is 0 Å². The molecule has 3 heterocycles. The Bertz CT molecular complexity index is 3410. The number of para-hydroxylation sites is 1. The van der Waals surface area contributed by atoms with Gasteiger partial charge in [0.2, 0.25) is 0 Å². The van der Waals surface area contributed by atoms with E-state index in [1.807, 2.05) is 47.7 Å². The smallest absolute Gasteiger partial charge is 0.166 e. The lowest BCUT2D eigenvalue weighted by Crippen LogP contribution is -2.14. The Balaban J connectivity index is 1.11. The molecule has 5 heteroatoms. The summed E-state index contributed by atoms with van der Waals surface area (Å²) < 4.78 is 4.89. The minimum absolute atomic E-state index is 0.0700. The third-order valence-corrected chi connectivity index (χ3v) is 13.4. The Hall–Kier alpha value is -7.21. The molecule has 0 radical (unpaired) electrons. The predicted octanol–water partition coefficient (Wildman–Crippen LogP) is 14.3. The molecule has 0 unspecified atom stereocenters. The average molecular weight is 773 g/mol. The molecule has 0 saturated heterocycles. The van der Waals surface area contributed by atoms with Gasteiger partial charge in [0.25, 0.3) is 0 Å². The summed E-state index contributed by atoms with van der Waals surface area (Å²) in [5.41, 5.74) is 13.9. The summed E-state index contributed by atoms with van der Waals surface area (Å²) in [6.45, 7) is 4.70. The Kier molecular flexibility index (Phi) is 7.41. The van der Waals surface area contributed by atoms with Crippen LogP contribution in [0.2, 0.25) is 0 Å². The van der Waals surface area contributed by atoms with Gasteiger partial charge in [-0.25, -0.2) is 15.0 Å². The topological polar surface area (TPSA) is 43.6 Å². The molecule has 4 nitrogen and oxygen atoms in total. The van der Waals surface area contributed by atoms with Crippen LogP contribution in [0.15, 0.2) is 182 Å². The molecular weight excluding hydrogens is 737 g/mol. The van der Waals surface area contributed by atoms with Crippen molar-refractivity contribution in [3.8, 4) is 62.1 Å². The number of rotatable bonds is 5. The molecule has 1 aliphatic carbocycles. The van der Waals surface area contributed by atoms with Crippen molar-refractivity contribution in [3.05, 3.63) is 193 Å². The predicted molar refractivity (Wildman–Crippen MR) is 246 cm³/mol. The maximum atomic E-state index is 5.28. The first-order chi connectivity index (χ1) is 29.0. The van der Waals surface area contributed by atoms with Crippen LogP contribution in [0.3, 0.4) is 0 Å². The number of aromatic nitrogens is 4. The van der Waals surface area contributed by atoms with Crippen molar-refractivity contribution in [2.75, 3.05) is 0 Å². The summed E-state index contributed by atoms with van der Waals surface area (Å²) in [4.78, 5) is 15.6. The lowest BCUT2D eigenvalue weighted by molar-refractivity contribution is 0.660. The zero-order valence-corrected chi connectivity index (χ0v) is 33.3. The second-order valence-corrected chi connectivity index (χ2v) is 17.1. The first-order valence-corrected chi connectivity index (χ1v) is 20.9. The lowest BCUT2D eigenvalue weighted by Gasteiger charge is -2.22. The summed E-state index contributed by atoms with van der Waals surface area (Å²) in [6, 6.07) is 65.4. The number of fused-ring (bicyclic) bond motifs is 9.